The molecule has 0 aromatic carbocycles. The van der Waals surface area contributed by atoms with E-state index in [1.807, 2.05) is 13.2 Å². The molecule has 0 atom stereocenters. The third kappa shape index (κ3) is 2.80. The second-order valence-electron chi connectivity index (χ2n) is 3.65. The van der Waals surface area contributed by atoms with Crippen molar-refractivity contribution in [1.82, 2.24) is 25.3 Å². The summed E-state index contributed by atoms with van der Waals surface area (Å²) in [5.74, 6) is 5.26. The average Bonchev–Trinajstić information content (AvgIpc) is 2.82. The summed E-state index contributed by atoms with van der Waals surface area (Å²) in [7, 11) is 1.81. The van der Waals surface area contributed by atoms with Crippen molar-refractivity contribution in [3.63, 3.8) is 0 Å². The Labute approximate surface area is 103 Å². The summed E-state index contributed by atoms with van der Waals surface area (Å²) >= 11 is 0. The highest BCUT2D eigenvalue weighted by molar-refractivity contribution is 5.92. The summed E-state index contributed by atoms with van der Waals surface area (Å²) in [4.78, 5) is 11.7. The molecule has 0 aliphatic carbocycles. The second kappa shape index (κ2) is 5.23. The third-order valence-corrected chi connectivity index (χ3v) is 2.26. The number of nitrogens with two attached hydrogens (primary N) is 1. The molecule has 2 aromatic heterocycles. The molecule has 0 spiro atoms. The zero-order chi connectivity index (χ0) is 13.0. The molecular formula is C10H13N7O. The van der Waals surface area contributed by atoms with Crippen LogP contribution in [-0.2, 0) is 13.6 Å². The van der Waals surface area contributed by atoms with Crippen molar-refractivity contribution in [3.05, 3.63) is 35.8 Å². The minimum Gasteiger partial charge on any atom is -0.346 e. The van der Waals surface area contributed by atoms with Gasteiger partial charge in [-0.15, -0.1) is 10.2 Å². The van der Waals surface area contributed by atoms with Gasteiger partial charge >= 0.3 is 0 Å². The quantitative estimate of drug-likeness (QED) is 0.492. The van der Waals surface area contributed by atoms with Crippen LogP contribution in [0.1, 0.15) is 16.1 Å². The summed E-state index contributed by atoms with van der Waals surface area (Å²) < 4.78 is 1.67. The van der Waals surface area contributed by atoms with Crippen LogP contribution in [0.15, 0.2) is 24.5 Å². The summed E-state index contributed by atoms with van der Waals surface area (Å²) in [5.41, 5.74) is 3.49. The highest BCUT2D eigenvalue weighted by Crippen LogP contribution is 2.01. The minimum atomic E-state index is -0.296. The van der Waals surface area contributed by atoms with E-state index in [0.717, 1.165) is 5.56 Å². The molecule has 0 fully saturated rings. The molecule has 2 heterocycles. The maximum absolute atomic E-state index is 11.7. The molecule has 0 aliphatic heterocycles. The van der Waals surface area contributed by atoms with Crippen LogP contribution < -0.4 is 16.6 Å². The Morgan fingerprint density at radius 3 is 2.83 bits per heavy atom. The van der Waals surface area contributed by atoms with E-state index in [-0.39, 0.29) is 11.6 Å². The summed E-state index contributed by atoms with van der Waals surface area (Å²) in [6.45, 7) is 0.394. The van der Waals surface area contributed by atoms with E-state index in [1.54, 1.807) is 23.0 Å². The van der Waals surface area contributed by atoms with Crippen molar-refractivity contribution in [1.29, 1.82) is 0 Å². The number of aromatic nitrogens is 4. The Hall–Kier alpha value is -2.48. The number of carbonyl (C=O) groups excluding carboxylic acids is 1. The number of nitrogens with one attached hydrogen (secondary N) is 2. The van der Waals surface area contributed by atoms with Crippen LogP contribution >= 0.6 is 0 Å². The van der Waals surface area contributed by atoms with Crippen molar-refractivity contribution < 1.29 is 4.79 Å². The van der Waals surface area contributed by atoms with Gasteiger partial charge in [0.1, 0.15) is 0 Å². The molecule has 0 saturated carbocycles. The van der Waals surface area contributed by atoms with E-state index in [4.69, 9.17) is 5.84 Å². The minimum absolute atomic E-state index is 0.234. The molecule has 0 aliphatic rings. The molecule has 4 N–H and O–H groups in total. The number of nitrogens with zero attached hydrogens (tertiary/aromatic N) is 4. The van der Waals surface area contributed by atoms with Crippen molar-refractivity contribution in [3.8, 4) is 0 Å². The Morgan fingerprint density at radius 1 is 1.44 bits per heavy atom. The van der Waals surface area contributed by atoms with Crippen LogP contribution in [0.3, 0.4) is 0 Å². The van der Waals surface area contributed by atoms with Crippen molar-refractivity contribution >= 4 is 11.7 Å². The largest absolute Gasteiger partial charge is 0.346 e. The summed E-state index contributed by atoms with van der Waals surface area (Å²) in [6, 6.07) is 3.12. The molecule has 0 unspecified atom stereocenters. The Kier molecular flexibility index (Phi) is 3.49. The van der Waals surface area contributed by atoms with Gasteiger partial charge in [-0.25, -0.2) is 5.84 Å². The van der Waals surface area contributed by atoms with E-state index >= 15 is 0 Å². The lowest BCUT2D eigenvalue weighted by Crippen LogP contribution is -2.24. The fourth-order valence-corrected chi connectivity index (χ4v) is 1.37. The van der Waals surface area contributed by atoms with E-state index < -0.39 is 0 Å². The van der Waals surface area contributed by atoms with Crippen LogP contribution in [0.4, 0.5) is 5.82 Å². The fraction of sp³-hybridized carbons (Fsp3) is 0.200. The first-order valence-electron chi connectivity index (χ1n) is 5.25. The van der Waals surface area contributed by atoms with Crippen LogP contribution in [0.5, 0.6) is 0 Å². The smallest absolute Gasteiger partial charge is 0.272 e. The van der Waals surface area contributed by atoms with E-state index in [2.05, 4.69) is 26.0 Å². The SMILES string of the molecule is Cn1cc(CNC(=O)c2ccc(NN)nn2)cn1. The van der Waals surface area contributed by atoms with Gasteiger partial charge in [0.25, 0.3) is 5.91 Å². The lowest BCUT2D eigenvalue weighted by atomic mass is 10.3. The highest BCUT2D eigenvalue weighted by atomic mass is 16.1. The maximum atomic E-state index is 11.7. The normalized spacial score (nSPS) is 10.1. The molecular weight excluding hydrogens is 234 g/mol. The van der Waals surface area contributed by atoms with Gasteiger partial charge in [-0.2, -0.15) is 5.10 Å². The van der Waals surface area contributed by atoms with Crippen LogP contribution in [0.2, 0.25) is 0 Å². The first-order chi connectivity index (χ1) is 8.69. The molecule has 18 heavy (non-hydrogen) atoms. The van der Waals surface area contributed by atoms with Gasteiger partial charge in [0.05, 0.1) is 6.20 Å². The van der Waals surface area contributed by atoms with E-state index in [1.165, 1.54) is 0 Å². The molecule has 0 bridgehead atoms. The van der Waals surface area contributed by atoms with Crippen LogP contribution in [0, 0.1) is 0 Å². The van der Waals surface area contributed by atoms with Gasteiger partial charge in [0, 0.05) is 25.4 Å². The predicted molar refractivity (Wildman–Crippen MR) is 64.2 cm³/mol. The van der Waals surface area contributed by atoms with Crippen molar-refractivity contribution in [2.24, 2.45) is 12.9 Å². The van der Waals surface area contributed by atoms with Gasteiger partial charge in [-0.05, 0) is 12.1 Å². The monoisotopic (exact) mass is 247 g/mol. The number of hydrazine groups is 1. The summed E-state index contributed by atoms with van der Waals surface area (Å²) in [6.07, 6.45) is 3.51. The predicted octanol–water partition coefficient (Wildman–Crippen LogP) is -0.574. The molecule has 0 saturated heterocycles. The molecule has 2 rings (SSSR count). The number of hydrogen-bond donors (Lipinski definition) is 3. The molecule has 1 amide bonds. The standard InChI is InChI=1S/C10H13N7O/c1-17-6-7(5-13-17)4-12-10(18)8-2-3-9(14-11)16-15-8/h2-3,5-6H,4,11H2,1H3,(H,12,18)(H,14,16). The maximum Gasteiger partial charge on any atom is 0.272 e. The number of hydrogen-bond acceptors (Lipinski definition) is 6. The third-order valence-electron chi connectivity index (χ3n) is 2.26. The topological polar surface area (TPSA) is 111 Å². The molecule has 94 valence electrons. The van der Waals surface area contributed by atoms with Crippen molar-refractivity contribution in [2.75, 3.05) is 5.43 Å². The molecule has 0 radical (unpaired) electrons. The Morgan fingerprint density at radius 2 is 2.28 bits per heavy atom. The number of nitrogen functional groups attached to an aromatic ring is 1. The number of anilines is 1. The van der Waals surface area contributed by atoms with Gasteiger partial charge in [-0.3, -0.25) is 9.48 Å². The Balaban J connectivity index is 1.94. The van der Waals surface area contributed by atoms with Crippen LogP contribution in [0.25, 0.3) is 0 Å². The lowest BCUT2D eigenvalue weighted by Gasteiger charge is -2.03. The number of carbonyl (C=O) groups is 1. The number of rotatable bonds is 4. The van der Waals surface area contributed by atoms with Gasteiger partial charge < -0.3 is 10.7 Å². The van der Waals surface area contributed by atoms with Crippen LogP contribution in [-0.4, -0.2) is 25.9 Å². The highest BCUT2D eigenvalue weighted by Gasteiger charge is 2.08. The summed E-state index contributed by atoms with van der Waals surface area (Å²) in [5, 5.41) is 14.2. The number of aryl methyl sites for hydroxylation is 1. The van der Waals surface area contributed by atoms with Gasteiger partial charge in [0.15, 0.2) is 11.5 Å². The fourth-order valence-electron chi connectivity index (χ4n) is 1.37. The zero-order valence-corrected chi connectivity index (χ0v) is 9.79. The second-order valence-corrected chi connectivity index (χ2v) is 3.65. The van der Waals surface area contributed by atoms with Crippen molar-refractivity contribution in [2.45, 2.75) is 6.54 Å². The molecule has 8 nitrogen and oxygen atoms in total. The first kappa shape index (κ1) is 12.0. The first-order valence-corrected chi connectivity index (χ1v) is 5.25. The van der Waals surface area contributed by atoms with E-state index in [0.29, 0.717) is 12.4 Å². The van der Waals surface area contributed by atoms with E-state index in [9.17, 15) is 4.79 Å². The van der Waals surface area contributed by atoms with Gasteiger partial charge in [-0.1, -0.05) is 0 Å². The average molecular weight is 247 g/mol. The Bertz CT molecular complexity index is 533. The number of amides is 1. The van der Waals surface area contributed by atoms with Gasteiger partial charge in [0.2, 0.25) is 0 Å². The molecule has 8 heteroatoms. The zero-order valence-electron chi connectivity index (χ0n) is 9.79. The molecule has 2 aromatic rings. The lowest BCUT2D eigenvalue weighted by molar-refractivity contribution is 0.0945.